The lowest BCUT2D eigenvalue weighted by Gasteiger charge is -2.24. The van der Waals surface area contributed by atoms with Gasteiger partial charge in [-0.25, -0.2) is 0 Å². The summed E-state index contributed by atoms with van der Waals surface area (Å²) in [7, 11) is 0. The molecular formula is C34H20N2. The molecule has 2 aromatic heterocycles. The second kappa shape index (κ2) is 5.80. The molecule has 0 radical (unpaired) electrons. The Labute approximate surface area is 207 Å². The molecule has 7 aromatic rings. The zero-order chi connectivity index (χ0) is 23.1. The molecule has 2 aliphatic heterocycles. The van der Waals surface area contributed by atoms with Crippen molar-refractivity contribution in [2.24, 2.45) is 0 Å². The zero-order valence-corrected chi connectivity index (χ0v) is 19.4. The van der Waals surface area contributed by atoms with Crippen molar-refractivity contribution in [3.8, 4) is 0 Å². The van der Waals surface area contributed by atoms with E-state index < -0.39 is 0 Å². The Morgan fingerprint density at radius 1 is 0.611 bits per heavy atom. The average molecular weight is 457 g/mol. The SMILES string of the molecule is C1=CC2c3ccccc3N3c4cc5cc6c7cccc8c9ccccc9n(c6cc5cc4C(=C1)C23)c87. The number of allylic oxidation sites excluding steroid dienone is 2. The third kappa shape index (κ3) is 1.85. The molecule has 0 fully saturated rings. The van der Waals surface area contributed by atoms with Crippen molar-refractivity contribution in [3.63, 3.8) is 0 Å². The molecule has 2 unspecified atom stereocenters. The first-order valence-corrected chi connectivity index (χ1v) is 12.8. The predicted octanol–water partition coefficient (Wildman–Crippen LogP) is 8.56. The molecule has 0 bridgehead atoms. The van der Waals surface area contributed by atoms with E-state index in [0.29, 0.717) is 12.0 Å². The fourth-order valence-electron chi connectivity index (χ4n) is 7.56. The third-order valence-electron chi connectivity index (χ3n) is 8.95. The number of anilines is 2. The van der Waals surface area contributed by atoms with Crippen molar-refractivity contribution < 1.29 is 0 Å². The maximum Gasteiger partial charge on any atom is 0.0702 e. The number of nitrogens with zero attached hydrogens (tertiary/aromatic N) is 2. The van der Waals surface area contributed by atoms with E-state index >= 15 is 0 Å². The molecule has 2 nitrogen and oxygen atoms in total. The Morgan fingerprint density at radius 2 is 1.42 bits per heavy atom. The second-order valence-electron chi connectivity index (χ2n) is 10.5. The summed E-state index contributed by atoms with van der Waals surface area (Å²) in [6, 6.07) is 34.6. The largest absolute Gasteiger partial charge is 0.332 e. The number of hydrogen-bond donors (Lipinski definition) is 0. The van der Waals surface area contributed by atoms with E-state index in [0.717, 1.165) is 0 Å². The van der Waals surface area contributed by atoms with Crippen LogP contribution in [0.25, 0.3) is 54.4 Å². The summed E-state index contributed by atoms with van der Waals surface area (Å²) < 4.78 is 2.48. The summed E-state index contributed by atoms with van der Waals surface area (Å²) in [6.07, 6.45) is 6.98. The first-order valence-electron chi connectivity index (χ1n) is 12.8. The van der Waals surface area contributed by atoms with Gasteiger partial charge >= 0.3 is 0 Å². The van der Waals surface area contributed by atoms with Gasteiger partial charge in [-0.2, -0.15) is 0 Å². The van der Waals surface area contributed by atoms with E-state index in [9.17, 15) is 0 Å². The highest BCUT2D eigenvalue weighted by molar-refractivity contribution is 6.24. The number of aromatic nitrogens is 1. The highest BCUT2D eigenvalue weighted by Gasteiger charge is 2.46. The Morgan fingerprint density at radius 3 is 2.39 bits per heavy atom. The second-order valence-corrected chi connectivity index (χ2v) is 10.5. The monoisotopic (exact) mass is 456 g/mol. The predicted molar refractivity (Wildman–Crippen MR) is 151 cm³/mol. The minimum atomic E-state index is 0.375. The van der Waals surface area contributed by atoms with Gasteiger partial charge in [0.15, 0.2) is 0 Å². The molecule has 0 amide bonds. The van der Waals surface area contributed by atoms with E-state index in [1.54, 1.807) is 0 Å². The van der Waals surface area contributed by atoms with E-state index in [4.69, 9.17) is 0 Å². The lowest BCUT2D eigenvalue weighted by molar-refractivity contribution is 0.781. The molecule has 10 rings (SSSR count). The van der Waals surface area contributed by atoms with Crippen LogP contribution in [0.15, 0.2) is 109 Å². The molecule has 2 atom stereocenters. The molecule has 0 N–H and O–H groups in total. The van der Waals surface area contributed by atoms with Crippen molar-refractivity contribution in [1.82, 2.24) is 4.40 Å². The van der Waals surface area contributed by atoms with Crippen LogP contribution in [0.2, 0.25) is 0 Å². The van der Waals surface area contributed by atoms with Gasteiger partial charge in [-0.15, -0.1) is 0 Å². The van der Waals surface area contributed by atoms with Crippen LogP contribution in [-0.4, -0.2) is 10.4 Å². The molecule has 1 aliphatic carbocycles. The molecule has 4 heterocycles. The Bertz CT molecular complexity index is 2170. The van der Waals surface area contributed by atoms with Crippen LogP contribution in [0.5, 0.6) is 0 Å². The normalized spacial score (nSPS) is 19.7. The fraction of sp³-hybridized carbons (Fsp3) is 0.0588. The number of benzene rings is 5. The summed E-state index contributed by atoms with van der Waals surface area (Å²) in [6.45, 7) is 0. The van der Waals surface area contributed by atoms with Gasteiger partial charge in [0, 0.05) is 38.7 Å². The lowest BCUT2D eigenvalue weighted by Crippen LogP contribution is -2.25. The maximum atomic E-state index is 2.59. The minimum absolute atomic E-state index is 0.375. The quantitative estimate of drug-likeness (QED) is 0.222. The van der Waals surface area contributed by atoms with Crippen molar-refractivity contribution in [1.29, 1.82) is 0 Å². The summed E-state index contributed by atoms with van der Waals surface area (Å²) in [4.78, 5) is 2.59. The average Bonchev–Trinajstić information content (AvgIpc) is 3.64. The van der Waals surface area contributed by atoms with Crippen molar-refractivity contribution in [3.05, 3.63) is 120 Å². The van der Waals surface area contributed by atoms with Crippen molar-refractivity contribution >= 4 is 65.8 Å². The summed E-state index contributed by atoms with van der Waals surface area (Å²) in [5.41, 5.74) is 10.9. The van der Waals surface area contributed by atoms with E-state index in [1.165, 1.54) is 76.9 Å². The first-order chi connectivity index (χ1) is 17.9. The molecule has 0 saturated heterocycles. The van der Waals surface area contributed by atoms with Gasteiger partial charge in [0.05, 0.1) is 28.3 Å². The third-order valence-corrected chi connectivity index (χ3v) is 8.95. The first kappa shape index (κ1) is 17.8. The van der Waals surface area contributed by atoms with Gasteiger partial charge in [-0.3, -0.25) is 0 Å². The Balaban J connectivity index is 1.33. The summed E-state index contributed by atoms with van der Waals surface area (Å²) >= 11 is 0. The lowest BCUT2D eigenvalue weighted by atomic mass is 9.85. The van der Waals surface area contributed by atoms with Crippen LogP contribution >= 0.6 is 0 Å². The summed E-state index contributed by atoms with van der Waals surface area (Å²) in [5, 5.41) is 7.98. The molecule has 0 saturated carbocycles. The van der Waals surface area contributed by atoms with E-state index in [2.05, 4.69) is 119 Å². The fourth-order valence-corrected chi connectivity index (χ4v) is 7.56. The van der Waals surface area contributed by atoms with Crippen LogP contribution in [0.4, 0.5) is 11.4 Å². The highest BCUT2D eigenvalue weighted by Crippen LogP contribution is 2.58. The number of para-hydroxylation sites is 3. The van der Waals surface area contributed by atoms with Gasteiger partial charge in [0.1, 0.15) is 0 Å². The van der Waals surface area contributed by atoms with Gasteiger partial charge < -0.3 is 9.30 Å². The van der Waals surface area contributed by atoms with Crippen LogP contribution in [0, 0.1) is 0 Å². The highest BCUT2D eigenvalue weighted by atomic mass is 15.2. The van der Waals surface area contributed by atoms with E-state index in [1.807, 2.05) is 0 Å². The molecular weight excluding hydrogens is 436 g/mol. The van der Waals surface area contributed by atoms with Crippen molar-refractivity contribution in [2.45, 2.75) is 12.0 Å². The number of fused-ring (bicyclic) bond motifs is 13. The standard InChI is InChI=1S/C34H20N2/c1-3-13-29-21(7-1)23-9-5-11-25-27-15-20-18-32-28(16-19(20)17-31(27)35(29)33(23)25)26-12-6-10-24-22-8-2-4-14-30(22)36(32)34(24)26/h1-18,23,33H. The Hall–Kier alpha value is -4.56. The van der Waals surface area contributed by atoms with Gasteiger partial charge in [-0.05, 0) is 58.3 Å². The van der Waals surface area contributed by atoms with Crippen LogP contribution in [0.3, 0.4) is 0 Å². The van der Waals surface area contributed by atoms with Crippen molar-refractivity contribution in [2.75, 3.05) is 4.90 Å². The van der Waals surface area contributed by atoms with Gasteiger partial charge in [0.25, 0.3) is 0 Å². The number of rotatable bonds is 0. The van der Waals surface area contributed by atoms with Crippen LogP contribution in [-0.2, 0) is 0 Å². The zero-order valence-electron chi connectivity index (χ0n) is 19.4. The number of hydrogen-bond acceptors (Lipinski definition) is 1. The van der Waals surface area contributed by atoms with Crippen LogP contribution in [0.1, 0.15) is 17.0 Å². The summed E-state index contributed by atoms with van der Waals surface area (Å²) in [5.74, 6) is 0.424. The van der Waals surface area contributed by atoms with Gasteiger partial charge in [0.2, 0.25) is 0 Å². The topological polar surface area (TPSA) is 7.65 Å². The molecule has 166 valence electrons. The Kier molecular flexibility index (Phi) is 2.87. The maximum absolute atomic E-state index is 2.59. The molecule has 0 spiro atoms. The smallest absolute Gasteiger partial charge is 0.0702 e. The van der Waals surface area contributed by atoms with Crippen LogP contribution < -0.4 is 4.90 Å². The molecule has 2 heteroatoms. The molecule has 5 aromatic carbocycles. The van der Waals surface area contributed by atoms with Gasteiger partial charge in [-0.1, -0.05) is 72.8 Å². The molecule has 36 heavy (non-hydrogen) atoms. The minimum Gasteiger partial charge on any atom is -0.332 e. The van der Waals surface area contributed by atoms with E-state index in [-0.39, 0.29) is 0 Å². The molecule has 3 aliphatic rings.